The Morgan fingerprint density at radius 3 is 2.50 bits per heavy atom. The van der Waals surface area contributed by atoms with Gasteiger partial charge in [0, 0.05) is 49.1 Å². The summed E-state index contributed by atoms with van der Waals surface area (Å²) in [6.45, 7) is 0.577. The van der Waals surface area contributed by atoms with E-state index >= 15 is 0 Å². The van der Waals surface area contributed by atoms with Gasteiger partial charge in [0.1, 0.15) is 11.6 Å². The van der Waals surface area contributed by atoms with Crippen LogP contribution < -0.4 is 5.32 Å². The summed E-state index contributed by atoms with van der Waals surface area (Å²) < 4.78 is 1.86. The SMILES string of the molecule is c1ccc(C(CNc2nc(-c3cnc4nccn4c3)nc3ccccc23)c2ncccn2)cc1. The van der Waals surface area contributed by atoms with Gasteiger partial charge in [-0.3, -0.25) is 4.40 Å². The zero-order chi connectivity index (χ0) is 22.7. The number of nitrogens with zero attached hydrogens (tertiary/aromatic N) is 7. The average Bonchev–Trinajstić information content (AvgIpc) is 3.38. The van der Waals surface area contributed by atoms with Gasteiger partial charge in [-0.1, -0.05) is 42.5 Å². The maximum atomic E-state index is 4.88. The van der Waals surface area contributed by atoms with Crippen molar-refractivity contribution in [1.29, 1.82) is 0 Å². The van der Waals surface area contributed by atoms with Crippen LogP contribution in [0.25, 0.3) is 28.1 Å². The van der Waals surface area contributed by atoms with Crippen LogP contribution in [0.2, 0.25) is 0 Å². The van der Waals surface area contributed by atoms with Crippen molar-refractivity contribution in [3.63, 3.8) is 0 Å². The number of anilines is 1. The molecule has 0 aliphatic rings. The highest BCUT2D eigenvalue weighted by Crippen LogP contribution is 2.27. The predicted molar refractivity (Wildman–Crippen MR) is 130 cm³/mol. The second-order valence-corrected chi connectivity index (χ2v) is 7.84. The molecular weight excluding hydrogens is 424 g/mol. The molecule has 1 N–H and O–H groups in total. The predicted octanol–water partition coefficient (Wildman–Crippen LogP) is 4.37. The van der Waals surface area contributed by atoms with Crippen LogP contribution in [0.1, 0.15) is 17.3 Å². The Bertz CT molecular complexity index is 1520. The molecular formula is C26H20N8. The third-order valence-electron chi connectivity index (χ3n) is 5.68. The van der Waals surface area contributed by atoms with Crippen molar-refractivity contribution in [2.75, 3.05) is 11.9 Å². The number of aromatic nitrogens is 7. The van der Waals surface area contributed by atoms with Gasteiger partial charge < -0.3 is 5.32 Å². The fraction of sp³-hybridized carbons (Fsp3) is 0.0769. The molecule has 4 heterocycles. The van der Waals surface area contributed by atoms with Crippen LogP contribution in [0.5, 0.6) is 0 Å². The van der Waals surface area contributed by atoms with Gasteiger partial charge in [-0.2, -0.15) is 0 Å². The largest absolute Gasteiger partial charge is 0.368 e. The van der Waals surface area contributed by atoms with Gasteiger partial charge in [0.2, 0.25) is 5.78 Å². The fourth-order valence-electron chi connectivity index (χ4n) is 4.01. The maximum Gasteiger partial charge on any atom is 0.233 e. The molecule has 0 aliphatic carbocycles. The molecule has 0 saturated heterocycles. The summed E-state index contributed by atoms with van der Waals surface area (Å²) in [6.07, 6.45) is 10.8. The molecule has 0 saturated carbocycles. The van der Waals surface area contributed by atoms with Crippen molar-refractivity contribution in [2.45, 2.75) is 5.92 Å². The molecule has 1 unspecified atom stereocenters. The smallest absolute Gasteiger partial charge is 0.233 e. The van der Waals surface area contributed by atoms with E-state index in [0.29, 0.717) is 18.1 Å². The summed E-state index contributed by atoms with van der Waals surface area (Å²) in [5.41, 5.74) is 2.80. The lowest BCUT2D eigenvalue weighted by molar-refractivity contribution is 0.771. The number of hydrogen-bond acceptors (Lipinski definition) is 7. The number of para-hydroxylation sites is 1. The molecule has 2 aromatic carbocycles. The summed E-state index contributed by atoms with van der Waals surface area (Å²) in [6, 6.07) is 20.1. The molecule has 164 valence electrons. The minimum absolute atomic E-state index is 0.0384. The Morgan fingerprint density at radius 1 is 0.794 bits per heavy atom. The summed E-state index contributed by atoms with van der Waals surface area (Å²) >= 11 is 0. The van der Waals surface area contributed by atoms with Gasteiger partial charge in [0.15, 0.2) is 5.82 Å². The van der Waals surface area contributed by atoms with Crippen LogP contribution in [0.4, 0.5) is 5.82 Å². The molecule has 0 radical (unpaired) electrons. The quantitative estimate of drug-likeness (QED) is 0.408. The van der Waals surface area contributed by atoms with Gasteiger partial charge in [0.25, 0.3) is 0 Å². The molecule has 1 atom stereocenters. The highest BCUT2D eigenvalue weighted by molar-refractivity contribution is 5.90. The van der Waals surface area contributed by atoms with Crippen molar-refractivity contribution in [1.82, 2.24) is 34.3 Å². The van der Waals surface area contributed by atoms with E-state index in [0.717, 1.165) is 33.7 Å². The lowest BCUT2D eigenvalue weighted by atomic mass is 9.98. The summed E-state index contributed by atoms with van der Waals surface area (Å²) in [4.78, 5) is 27.3. The zero-order valence-corrected chi connectivity index (χ0v) is 18.2. The second-order valence-electron chi connectivity index (χ2n) is 7.84. The van der Waals surface area contributed by atoms with Gasteiger partial charge in [0.05, 0.1) is 17.0 Å². The van der Waals surface area contributed by atoms with E-state index in [-0.39, 0.29) is 5.92 Å². The van der Waals surface area contributed by atoms with Crippen LogP contribution in [0.15, 0.2) is 97.8 Å². The lowest BCUT2D eigenvalue weighted by Crippen LogP contribution is -2.17. The molecule has 34 heavy (non-hydrogen) atoms. The summed E-state index contributed by atoms with van der Waals surface area (Å²) in [5.74, 6) is 2.70. The minimum Gasteiger partial charge on any atom is -0.368 e. The Balaban J connectivity index is 1.40. The second kappa shape index (κ2) is 8.67. The standard InChI is InChI=1S/C26H20N8/c1-2-7-18(8-3-1)21(24-27-11-6-12-28-24)16-30-25-20-9-4-5-10-22(20)32-23(33-25)19-15-31-26-29-13-14-34(26)17-19/h1-15,17,21H,16H2,(H,30,32,33). The van der Waals surface area contributed by atoms with E-state index in [1.165, 1.54) is 0 Å². The number of fused-ring (bicyclic) bond motifs is 2. The zero-order valence-electron chi connectivity index (χ0n) is 18.2. The summed E-state index contributed by atoms with van der Waals surface area (Å²) in [7, 11) is 0. The molecule has 8 nitrogen and oxygen atoms in total. The first-order valence-corrected chi connectivity index (χ1v) is 11.0. The van der Waals surface area contributed by atoms with Gasteiger partial charge >= 0.3 is 0 Å². The van der Waals surface area contributed by atoms with Crippen molar-refractivity contribution >= 4 is 22.5 Å². The first kappa shape index (κ1) is 19.9. The Labute approximate surface area is 195 Å². The monoisotopic (exact) mass is 444 g/mol. The number of benzene rings is 2. The van der Waals surface area contributed by atoms with Gasteiger partial charge in [-0.25, -0.2) is 29.9 Å². The Hall–Kier alpha value is -4.72. The van der Waals surface area contributed by atoms with E-state index in [1.54, 1.807) is 24.8 Å². The minimum atomic E-state index is -0.0384. The molecule has 8 heteroatoms. The number of imidazole rings is 1. The third-order valence-corrected chi connectivity index (χ3v) is 5.68. The topological polar surface area (TPSA) is 93.8 Å². The third kappa shape index (κ3) is 3.81. The first-order valence-electron chi connectivity index (χ1n) is 11.0. The van der Waals surface area contributed by atoms with Crippen LogP contribution in [-0.4, -0.2) is 40.8 Å². The van der Waals surface area contributed by atoms with E-state index in [1.807, 2.05) is 65.3 Å². The van der Waals surface area contributed by atoms with Crippen molar-refractivity contribution in [2.24, 2.45) is 0 Å². The van der Waals surface area contributed by atoms with Crippen LogP contribution >= 0.6 is 0 Å². The molecule has 6 rings (SSSR count). The van der Waals surface area contributed by atoms with E-state index in [9.17, 15) is 0 Å². The van der Waals surface area contributed by atoms with Crippen molar-refractivity contribution in [3.8, 4) is 11.4 Å². The molecule has 0 bridgehead atoms. The van der Waals surface area contributed by atoms with Gasteiger partial charge in [-0.05, 0) is 23.8 Å². The molecule has 6 aromatic rings. The molecule has 0 aliphatic heterocycles. The number of rotatable bonds is 6. The Morgan fingerprint density at radius 2 is 1.62 bits per heavy atom. The maximum absolute atomic E-state index is 4.88. The van der Waals surface area contributed by atoms with Crippen molar-refractivity contribution < 1.29 is 0 Å². The number of hydrogen-bond donors (Lipinski definition) is 1. The molecule has 4 aromatic heterocycles. The molecule has 0 spiro atoms. The van der Waals surface area contributed by atoms with Crippen LogP contribution in [0.3, 0.4) is 0 Å². The summed E-state index contributed by atoms with van der Waals surface area (Å²) in [5, 5.41) is 4.50. The van der Waals surface area contributed by atoms with E-state index in [4.69, 9.17) is 9.97 Å². The average molecular weight is 445 g/mol. The Kier molecular flexibility index (Phi) is 5.08. The first-order chi connectivity index (χ1) is 16.8. The fourth-order valence-corrected chi connectivity index (χ4v) is 4.01. The highest BCUT2D eigenvalue weighted by Gasteiger charge is 2.18. The lowest BCUT2D eigenvalue weighted by Gasteiger charge is -2.18. The normalized spacial score (nSPS) is 12.1. The van der Waals surface area contributed by atoms with Crippen LogP contribution in [-0.2, 0) is 0 Å². The van der Waals surface area contributed by atoms with Gasteiger partial charge in [-0.15, -0.1) is 0 Å². The van der Waals surface area contributed by atoms with E-state index < -0.39 is 0 Å². The van der Waals surface area contributed by atoms with Crippen LogP contribution in [0, 0.1) is 0 Å². The number of nitrogens with one attached hydrogen (secondary N) is 1. The molecule has 0 fully saturated rings. The molecule has 0 amide bonds. The highest BCUT2D eigenvalue weighted by atomic mass is 15.1. The van der Waals surface area contributed by atoms with E-state index in [2.05, 4.69) is 37.4 Å². The van der Waals surface area contributed by atoms with Crippen molar-refractivity contribution in [3.05, 3.63) is 109 Å².